The van der Waals surface area contributed by atoms with Gasteiger partial charge in [0.05, 0.1) is 22.9 Å². The number of aromatic nitrogens is 2. The van der Waals surface area contributed by atoms with Crippen LogP contribution >= 0.6 is 0 Å². The monoisotopic (exact) mass is 316 g/mol. The first-order chi connectivity index (χ1) is 11.1. The number of anilines is 1. The molecule has 23 heavy (non-hydrogen) atoms. The van der Waals surface area contributed by atoms with Crippen LogP contribution in [0.3, 0.4) is 0 Å². The van der Waals surface area contributed by atoms with E-state index in [0.717, 1.165) is 42.1 Å². The number of hydrogen-bond acceptors (Lipinski definition) is 5. The summed E-state index contributed by atoms with van der Waals surface area (Å²) < 4.78 is 7.23. The number of nitrogens with zero attached hydrogens (tertiary/aromatic N) is 3. The minimum absolute atomic E-state index is 0.0729. The maximum absolute atomic E-state index is 11.1. The van der Waals surface area contributed by atoms with E-state index < -0.39 is 0 Å². The Labute approximate surface area is 134 Å². The van der Waals surface area contributed by atoms with Crippen molar-refractivity contribution in [3.05, 3.63) is 45.1 Å². The van der Waals surface area contributed by atoms with E-state index in [4.69, 9.17) is 4.74 Å². The van der Waals surface area contributed by atoms with Crippen molar-refractivity contribution in [1.82, 2.24) is 9.78 Å². The SMILES string of the molecule is CCOCCc1nn(-c2cc([N+](=O)[O-])ccc2C)c2c1CCN2. The highest BCUT2D eigenvalue weighted by atomic mass is 16.6. The summed E-state index contributed by atoms with van der Waals surface area (Å²) in [5, 5.41) is 19.1. The molecule has 0 bridgehead atoms. The standard InChI is InChI=1S/C16H20N4O3/c1-3-23-9-7-14-13-6-8-17-16(13)19(18-14)15-10-12(20(21)22)5-4-11(15)2/h4-5,10,17H,3,6-9H2,1-2H3. The van der Waals surface area contributed by atoms with Crippen LogP contribution in [0.15, 0.2) is 18.2 Å². The molecule has 0 saturated heterocycles. The topological polar surface area (TPSA) is 82.2 Å². The molecule has 0 radical (unpaired) electrons. The minimum atomic E-state index is -0.379. The largest absolute Gasteiger partial charge is 0.381 e. The van der Waals surface area contributed by atoms with Crippen molar-refractivity contribution in [3.8, 4) is 5.69 Å². The Morgan fingerprint density at radius 1 is 1.48 bits per heavy atom. The lowest BCUT2D eigenvalue weighted by Gasteiger charge is -2.09. The Bertz CT molecular complexity index is 739. The van der Waals surface area contributed by atoms with Gasteiger partial charge in [0.25, 0.3) is 5.69 Å². The second kappa shape index (κ2) is 6.37. The zero-order valence-electron chi connectivity index (χ0n) is 13.3. The van der Waals surface area contributed by atoms with Crippen LogP contribution < -0.4 is 5.32 Å². The van der Waals surface area contributed by atoms with E-state index in [2.05, 4.69) is 10.4 Å². The number of nitrogens with one attached hydrogen (secondary N) is 1. The molecule has 0 amide bonds. The van der Waals surface area contributed by atoms with Crippen LogP contribution in [-0.2, 0) is 17.6 Å². The summed E-state index contributed by atoms with van der Waals surface area (Å²) >= 11 is 0. The summed E-state index contributed by atoms with van der Waals surface area (Å²) in [7, 11) is 0. The molecule has 0 atom stereocenters. The van der Waals surface area contributed by atoms with Crippen LogP contribution in [0.4, 0.5) is 11.5 Å². The lowest BCUT2D eigenvalue weighted by atomic mass is 10.1. The average Bonchev–Trinajstić information content (AvgIpc) is 3.11. The van der Waals surface area contributed by atoms with Crippen molar-refractivity contribution in [2.75, 3.05) is 25.1 Å². The van der Waals surface area contributed by atoms with Crippen molar-refractivity contribution in [1.29, 1.82) is 0 Å². The van der Waals surface area contributed by atoms with Gasteiger partial charge in [-0.05, 0) is 25.8 Å². The third-order valence-electron chi connectivity index (χ3n) is 4.05. The third-order valence-corrected chi connectivity index (χ3v) is 4.05. The number of ether oxygens (including phenoxy) is 1. The molecule has 0 aliphatic carbocycles. The van der Waals surface area contributed by atoms with Crippen molar-refractivity contribution in [2.45, 2.75) is 26.7 Å². The summed E-state index contributed by atoms with van der Waals surface area (Å²) in [6, 6.07) is 4.86. The maximum atomic E-state index is 11.1. The first-order valence-corrected chi connectivity index (χ1v) is 7.79. The molecular formula is C16H20N4O3. The molecule has 0 unspecified atom stereocenters. The maximum Gasteiger partial charge on any atom is 0.271 e. The molecular weight excluding hydrogens is 296 g/mol. The first-order valence-electron chi connectivity index (χ1n) is 7.79. The van der Waals surface area contributed by atoms with Gasteiger partial charge in [0.1, 0.15) is 5.82 Å². The van der Waals surface area contributed by atoms with Crippen molar-refractivity contribution < 1.29 is 9.66 Å². The molecule has 0 spiro atoms. The molecule has 1 aromatic heterocycles. The zero-order chi connectivity index (χ0) is 16.4. The molecule has 7 nitrogen and oxygen atoms in total. The fraction of sp³-hybridized carbons (Fsp3) is 0.438. The van der Waals surface area contributed by atoms with Gasteiger partial charge in [0.2, 0.25) is 0 Å². The van der Waals surface area contributed by atoms with E-state index in [0.29, 0.717) is 13.2 Å². The molecule has 1 N–H and O–H groups in total. The second-order valence-electron chi connectivity index (χ2n) is 5.54. The Kier molecular flexibility index (Phi) is 4.29. The summed E-state index contributed by atoms with van der Waals surface area (Å²) in [6.07, 6.45) is 1.67. The average molecular weight is 316 g/mol. The Morgan fingerprint density at radius 3 is 3.04 bits per heavy atom. The van der Waals surface area contributed by atoms with E-state index in [1.807, 2.05) is 13.8 Å². The zero-order valence-corrected chi connectivity index (χ0v) is 13.3. The highest BCUT2D eigenvalue weighted by Gasteiger charge is 2.24. The van der Waals surface area contributed by atoms with Crippen LogP contribution in [0, 0.1) is 17.0 Å². The number of aryl methyl sites for hydroxylation is 1. The number of hydrogen-bond donors (Lipinski definition) is 1. The van der Waals surface area contributed by atoms with Crippen LogP contribution in [-0.4, -0.2) is 34.5 Å². The second-order valence-corrected chi connectivity index (χ2v) is 5.54. The molecule has 0 fully saturated rings. The number of rotatable bonds is 6. The first kappa shape index (κ1) is 15.5. The van der Waals surface area contributed by atoms with Gasteiger partial charge in [-0.3, -0.25) is 10.1 Å². The Hall–Kier alpha value is -2.41. The highest BCUT2D eigenvalue weighted by molar-refractivity contribution is 5.60. The number of benzene rings is 1. The van der Waals surface area contributed by atoms with Crippen LogP contribution in [0.1, 0.15) is 23.7 Å². The van der Waals surface area contributed by atoms with Gasteiger partial charge in [-0.1, -0.05) is 6.07 Å². The van der Waals surface area contributed by atoms with E-state index in [9.17, 15) is 10.1 Å². The molecule has 7 heteroatoms. The van der Waals surface area contributed by atoms with Gasteiger partial charge >= 0.3 is 0 Å². The normalized spacial score (nSPS) is 13.0. The third kappa shape index (κ3) is 2.92. The summed E-state index contributed by atoms with van der Waals surface area (Å²) in [4.78, 5) is 10.7. The van der Waals surface area contributed by atoms with Gasteiger partial charge in [-0.2, -0.15) is 5.10 Å². The number of nitro groups is 1. The molecule has 1 aliphatic heterocycles. The smallest absolute Gasteiger partial charge is 0.271 e. The lowest BCUT2D eigenvalue weighted by Crippen LogP contribution is -2.08. The molecule has 0 saturated carbocycles. The number of non-ortho nitro benzene ring substituents is 1. The predicted molar refractivity (Wildman–Crippen MR) is 87.3 cm³/mol. The van der Waals surface area contributed by atoms with Gasteiger partial charge < -0.3 is 10.1 Å². The van der Waals surface area contributed by atoms with E-state index >= 15 is 0 Å². The molecule has 2 heterocycles. The predicted octanol–water partition coefficient (Wildman–Crippen LogP) is 2.64. The number of fused-ring (bicyclic) bond motifs is 1. The summed E-state index contributed by atoms with van der Waals surface area (Å²) in [6.45, 7) is 6.08. The lowest BCUT2D eigenvalue weighted by molar-refractivity contribution is -0.384. The molecule has 2 aromatic rings. The van der Waals surface area contributed by atoms with Crippen LogP contribution in [0.5, 0.6) is 0 Å². The fourth-order valence-electron chi connectivity index (χ4n) is 2.87. The molecule has 1 aromatic carbocycles. The Balaban J connectivity index is 2.02. The number of nitro benzene ring substituents is 1. The highest BCUT2D eigenvalue weighted by Crippen LogP contribution is 2.31. The van der Waals surface area contributed by atoms with Crippen molar-refractivity contribution in [3.63, 3.8) is 0 Å². The van der Waals surface area contributed by atoms with Crippen LogP contribution in [0.2, 0.25) is 0 Å². The minimum Gasteiger partial charge on any atom is -0.381 e. The van der Waals surface area contributed by atoms with Gasteiger partial charge in [0.15, 0.2) is 0 Å². The summed E-state index contributed by atoms with van der Waals surface area (Å²) in [5.74, 6) is 0.945. The molecule has 1 aliphatic rings. The van der Waals surface area contributed by atoms with Gasteiger partial charge in [0, 0.05) is 37.3 Å². The molecule has 122 valence electrons. The van der Waals surface area contributed by atoms with E-state index in [-0.39, 0.29) is 10.6 Å². The summed E-state index contributed by atoms with van der Waals surface area (Å²) in [5.41, 5.74) is 3.96. The molecule has 3 rings (SSSR count). The fourth-order valence-corrected chi connectivity index (χ4v) is 2.87. The van der Waals surface area contributed by atoms with Crippen molar-refractivity contribution >= 4 is 11.5 Å². The van der Waals surface area contributed by atoms with Crippen molar-refractivity contribution in [2.24, 2.45) is 0 Å². The van der Waals surface area contributed by atoms with Gasteiger partial charge in [-0.25, -0.2) is 4.68 Å². The van der Waals surface area contributed by atoms with E-state index in [1.165, 1.54) is 11.6 Å². The van der Waals surface area contributed by atoms with E-state index in [1.54, 1.807) is 16.8 Å². The van der Waals surface area contributed by atoms with Crippen LogP contribution in [0.25, 0.3) is 5.69 Å². The van der Waals surface area contributed by atoms with Gasteiger partial charge in [-0.15, -0.1) is 0 Å². The Morgan fingerprint density at radius 2 is 2.30 bits per heavy atom. The quantitative estimate of drug-likeness (QED) is 0.503.